The molecule has 1 aromatic carbocycles. The summed E-state index contributed by atoms with van der Waals surface area (Å²) in [4.78, 5) is 24.6. The predicted octanol–water partition coefficient (Wildman–Crippen LogP) is 2.85. The van der Waals surface area contributed by atoms with Crippen LogP contribution < -0.4 is 5.32 Å². The standard InChI is InChI=1S/C14H18BrN3O3.ClH/c1-16-9-10-2-4-17(5-3-10)14(19)11-6-12(15)8-13(7-11)18(20)21;/h6-8,10,16H,2-5,9H2,1H3;1H. The maximum atomic E-state index is 12.5. The molecule has 1 amide bonds. The molecule has 1 heterocycles. The van der Waals surface area contributed by atoms with E-state index in [0.717, 1.165) is 19.4 Å². The van der Waals surface area contributed by atoms with Crippen molar-refractivity contribution in [3.8, 4) is 0 Å². The number of likely N-dealkylation sites (tertiary alicyclic amines) is 1. The van der Waals surface area contributed by atoms with Crippen LogP contribution in [0, 0.1) is 16.0 Å². The lowest BCUT2D eigenvalue weighted by Crippen LogP contribution is -2.40. The highest BCUT2D eigenvalue weighted by Crippen LogP contribution is 2.24. The number of hydrogen-bond acceptors (Lipinski definition) is 4. The van der Waals surface area contributed by atoms with Crippen LogP contribution >= 0.6 is 28.3 Å². The van der Waals surface area contributed by atoms with Gasteiger partial charge < -0.3 is 10.2 Å². The molecule has 0 unspecified atom stereocenters. The van der Waals surface area contributed by atoms with Crippen molar-refractivity contribution in [1.82, 2.24) is 10.2 Å². The van der Waals surface area contributed by atoms with Gasteiger partial charge in [0.2, 0.25) is 0 Å². The van der Waals surface area contributed by atoms with Crippen LogP contribution in [-0.4, -0.2) is 42.4 Å². The number of nitro benzene ring substituents is 1. The first-order chi connectivity index (χ1) is 10.0. The fourth-order valence-corrected chi connectivity index (χ4v) is 3.10. The second kappa shape index (κ2) is 8.45. The van der Waals surface area contributed by atoms with Crippen LogP contribution in [-0.2, 0) is 0 Å². The number of carbonyl (C=O) groups is 1. The topological polar surface area (TPSA) is 75.5 Å². The molecule has 8 heteroatoms. The summed E-state index contributed by atoms with van der Waals surface area (Å²) >= 11 is 3.22. The molecular weight excluding hydrogens is 374 g/mol. The number of benzene rings is 1. The largest absolute Gasteiger partial charge is 0.339 e. The fraction of sp³-hybridized carbons (Fsp3) is 0.500. The Labute approximate surface area is 143 Å². The van der Waals surface area contributed by atoms with Gasteiger partial charge >= 0.3 is 0 Å². The summed E-state index contributed by atoms with van der Waals surface area (Å²) in [5, 5.41) is 14.0. The van der Waals surface area contributed by atoms with Crippen LogP contribution in [0.1, 0.15) is 23.2 Å². The van der Waals surface area contributed by atoms with Gasteiger partial charge in [0.25, 0.3) is 11.6 Å². The Bertz CT molecular complexity index is 548. The van der Waals surface area contributed by atoms with Gasteiger partial charge in [0, 0.05) is 35.3 Å². The monoisotopic (exact) mass is 391 g/mol. The fourth-order valence-electron chi connectivity index (χ4n) is 2.61. The van der Waals surface area contributed by atoms with Crippen molar-refractivity contribution in [1.29, 1.82) is 0 Å². The Balaban J connectivity index is 0.00000242. The molecule has 1 N–H and O–H groups in total. The summed E-state index contributed by atoms with van der Waals surface area (Å²) in [5.74, 6) is 0.457. The quantitative estimate of drug-likeness (QED) is 0.631. The smallest absolute Gasteiger partial charge is 0.271 e. The average molecular weight is 393 g/mol. The van der Waals surface area contributed by atoms with E-state index in [4.69, 9.17) is 0 Å². The molecule has 1 aliphatic heterocycles. The summed E-state index contributed by atoms with van der Waals surface area (Å²) in [7, 11) is 1.93. The van der Waals surface area contributed by atoms with Gasteiger partial charge in [-0.05, 0) is 38.4 Å². The van der Waals surface area contributed by atoms with E-state index in [1.165, 1.54) is 12.1 Å². The van der Waals surface area contributed by atoms with E-state index >= 15 is 0 Å². The van der Waals surface area contributed by atoms with E-state index in [2.05, 4.69) is 21.2 Å². The second-order valence-electron chi connectivity index (χ2n) is 5.25. The maximum Gasteiger partial charge on any atom is 0.271 e. The van der Waals surface area contributed by atoms with Crippen LogP contribution in [0.2, 0.25) is 0 Å². The molecule has 22 heavy (non-hydrogen) atoms. The highest BCUT2D eigenvalue weighted by atomic mass is 79.9. The Kier molecular flexibility index (Phi) is 7.25. The van der Waals surface area contributed by atoms with Gasteiger partial charge in [-0.15, -0.1) is 12.4 Å². The highest BCUT2D eigenvalue weighted by Gasteiger charge is 2.24. The van der Waals surface area contributed by atoms with Crippen LogP contribution in [0.5, 0.6) is 0 Å². The molecular formula is C14H19BrClN3O3. The maximum absolute atomic E-state index is 12.5. The molecule has 1 aromatic rings. The number of non-ortho nitro benzene ring substituents is 1. The lowest BCUT2D eigenvalue weighted by Gasteiger charge is -2.32. The van der Waals surface area contributed by atoms with Crippen LogP contribution in [0.15, 0.2) is 22.7 Å². The zero-order chi connectivity index (χ0) is 15.4. The molecule has 122 valence electrons. The van der Waals surface area contributed by atoms with E-state index in [9.17, 15) is 14.9 Å². The Hall–Kier alpha value is -1.18. The summed E-state index contributed by atoms with van der Waals surface area (Å²) in [6.45, 7) is 2.36. The van der Waals surface area contributed by atoms with E-state index in [1.54, 1.807) is 11.0 Å². The zero-order valence-corrected chi connectivity index (χ0v) is 14.7. The molecule has 0 saturated carbocycles. The molecule has 1 aliphatic rings. The number of hydrogen-bond donors (Lipinski definition) is 1. The molecule has 1 saturated heterocycles. The Morgan fingerprint density at radius 2 is 2.05 bits per heavy atom. The minimum atomic E-state index is -0.485. The van der Waals surface area contributed by atoms with Crippen molar-refractivity contribution >= 4 is 39.9 Å². The number of nitrogens with one attached hydrogen (secondary N) is 1. The minimum absolute atomic E-state index is 0. The van der Waals surface area contributed by atoms with Crippen molar-refractivity contribution in [2.75, 3.05) is 26.7 Å². The third-order valence-corrected chi connectivity index (χ3v) is 4.19. The first-order valence-electron chi connectivity index (χ1n) is 6.90. The summed E-state index contributed by atoms with van der Waals surface area (Å²) in [6, 6.07) is 4.37. The van der Waals surface area contributed by atoms with E-state index in [1.807, 2.05) is 7.05 Å². The Morgan fingerprint density at radius 1 is 1.41 bits per heavy atom. The molecule has 0 atom stereocenters. The van der Waals surface area contributed by atoms with Crippen molar-refractivity contribution in [2.24, 2.45) is 5.92 Å². The van der Waals surface area contributed by atoms with Crippen molar-refractivity contribution in [3.63, 3.8) is 0 Å². The molecule has 0 aliphatic carbocycles. The number of piperidine rings is 1. The molecule has 0 bridgehead atoms. The molecule has 1 fully saturated rings. The SMILES string of the molecule is CNCC1CCN(C(=O)c2cc(Br)cc([N+](=O)[O-])c2)CC1.Cl. The third kappa shape index (κ3) is 4.66. The first-order valence-corrected chi connectivity index (χ1v) is 7.69. The van der Waals surface area contributed by atoms with Gasteiger partial charge in [0.15, 0.2) is 0 Å². The molecule has 0 aromatic heterocycles. The van der Waals surface area contributed by atoms with Gasteiger partial charge in [-0.25, -0.2) is 0 Å². The number of halogens is 2. The molecule has 6 nitrogen and oxygen atoms in total. The lowest BCUT2D eigenvalue weighted by atomic mass is 9.96. The van der Waals surface area contributed by atoms with Crippen LogP contribution in [0.3, 0.4) is 0 Å². The summed E-state index contributed by atoms with van der Waals surface area (Å²) < 4.78 is 0.546. The van der Waals surface area contributed by atoms with Gasteiger partial charge in [-0.3, -0.25) is 14.9 Å². The van der Waals surface area contributed by atoms with Gasteiger partial charge in [-0.2, -0.15) is 0 Å². The van der Waals surface area contributed by atoms with Crippen molar-refractivity contribution < 1.29 is 9.72 Å². The van der Waals surface area contributed by atoms with Gasteiger partial charge in [0.05, 0.1) is 4.92 Å². The number of amides is 1. The average Bonchev–Trinajstić information content (AvgIpc) is 2.47. The lowest BCUT2D eigenvalue weighted by molar-refractivity contribution is -0.385. The van der Waals surface area contributed by atoms with E-state index in [0.29, 0.717) is 29.0 Å². The first kappa shape index (κ1) is 18.9. The predicted molar refractivity (Wildman–Crippen MR) is 90.6 cm³/mol. The van der Waals surface area contributed by atoms with Gasteiger partial charge in [0.1, 0.15) is 0 Å². The van der Waals surface area contributed by atoms with Crippen LogP contribution in [0.25, 0.3) is 0 Å². The summed E-state index contributed by atoms with van der Waals surface area (Å²) in [5.41, 5.74) is 0.293. The van der Waals surface area contributed by atoms with Crippen molar-refractivity contribution in [2.45, 2.75) is 12.8 Å². The Morgan fingerprint density at radius 3 is 2.59 bits per heavy atom. The number of carbonyl (C=O) groups excluding carboxylic acids is 1. The number of nitro groups is 1. The normalized spacial score (nSPS) is 15.3. The zero-order valence-electron chi connectivity index (χ0n) is 12.3. The number of rotatable bonds is 4. The van der Waals surface area contributed by atoms with Crippen molar-refractivity contribution in [3.05, 3.63) is 38.3 Å². The minimum Gasteiger partial charge on any atom is -0.339 e. The molecule has 0 spiro atoms. The summed E-state index contributed by atoms with van der Waals surface area (Å²) in [6.07, 6.45) is 1.92. The highest BCUT2D eigenvalue weighted by molar-refractivity contribution is 9.10. The molecule has 0 radical (unpaired) electrons. The third-order valence-electron chi connectivity index (χ3n) is 3.73. The second-order valence-corrected chi connectivity index (χ2v) is 6.16. The van der Waals surface area contributed by atoms with Crippen LogP contribution in [0.4, 0.5) is 5.69 Å². The number of nitrogens with zero attached hydrogens (tertiary/aromatic N) is 2. The van der Waals surface area contributed by atoms with E-state index in [-0.39, 0.29) is 24.0 Å². The molecule has 2 rings (SSSR count). The van der Waals surface area contributed by atoms with Gasteiger partial charge in [-0.1, -0.05) is 15.9 Å². The van der Waals surface area contributed by atoms with E-state index < -0.39 is 4.92 Å².